The molecule has 0 aromatic rings. The summed E-state index contributed by atoms with van der Waals surface area (Å²) in [5, 5.41) is 0. The number of esters is 1. The Bertz CT molecular complexity index is 153. The van der Waals surface area contributed by atoms with Crippen LogP contribution in [0.15, 0.2) is 0 Å². The largest absolute Gasteiger partial charge is 0.465 e. The molecular formula is C8H12O2. The smallest absolute Gasteiger partial charge is 0.309 e. The van der Waals surface area contributed by atoms with Gasteiger partial charge in [0.05, 0.1) is 12.5 Å². The van der Waals surface area contributed by atoms with E-state index in [2.05, 4.69) is 0 Å². The van der Waals surface area contributed by atoms with Gasteiger partial charge in [-0.2, -0.15) is 0 Å². The SMILES string of the molecule is O=C1OCC2CCCC[C@H]12. The van der Waals surface area contributed by atoms with Crippen LogP contribution in [-0.2, 0) is 9.53 Å². The number of hydrogen-bond acceptors (Lipinski definition) is 2. The Hall–Kier alpha value is -0.530. The molecule has 1 heterocycles. The molecule has 0 aromatic carbocycles. The molecule has 2 rings (SSSR count). The standard InChI is InChI=1S/C8H12O2/c9-8-7-4-2-1-3-6(7)5-10-8/h6-7H,1-5H2/t6?,7-/m0/s1. The molecule has 1 saturated heterocycles. The summed E-state index contributed by atoms with van der Waals surface area (Å²) in [5.41, 5.74) is 0. The third kappa shape index (κ3) is 0.825. The average molecular weight is 140 g/mol. The molecular weight excluding hydrogens is 128 g/mol. The fourth-order valence-corrected chi connectivity index (χ4v) is 2.01. The molecule has 0 amide bonds. The van der Waals surface area contributed by atoms with Crippen LogP contribution in [0.3, 0.4) is 0 Å². The van der Waals surface area contributed by atoms with Gasteiger partial charge in [0.1, 0.15) is 0 Å². The maximum absolute atomic E-state index is 11.0. The zero-order valence-corrected chi connectivity index (χ0v) is 6.01. The predicted octanol–water partition coefficient (Wildman–Crippen LogP) is 1.35. The lowest BCUT2D eigenvalue weighted by Gasteiger charge is -2.19. The maximum Gasteiger partial charge on any atom is 0.309 e. The van der Waals surface area contributed by atoms with Crippen LogP contribution in [0.1, 0.15) is 25.7 Å². The Morgan fingerprint density at radius 1 is 1.30 bits per heavy atom. The van der Waals surface area contributed by atoms with Gasteiger partial charge in [0.25, 0.3) is 0 Å². The van der Waals surface area contributed by atoms with E-state index in [4.69, 9.17) is 4.74 Å². The van der Waals surface area contributed by atoms with E-state index in [1.165, 1.54) is 19.3 Å². The molecule has 1 aliphatic heterocycles. The monoisotopic (exact) mass is 140 g/mol. The second-order valence-corrected chi connectivity index (χ2v) is 3.28. The fourth-order valence-electron chi connectivity index (χ4n) is 2.01. The number of rotatable bonds is 0. The van der Waals surface area contributed by atoms with Crippen LogP contribution in [0.2, 0.25) is 0 Å². The summed E-state index contributed by atoms with van der Waals surface area (Å²) in [6, 6.07) is 0. The molecule has 10 heavy (non-hydrogen) atoms. The Balaban J connectivity index is 2.08. The molecule has 56 valence electrons. The van der Waals surface area contributed by atoms with Gasteiger partial charge >= 0.3 is 5.97 Å². The Labute approximate surface area is 60.6 Å². The van der Waals surface area contributed by atoms with Crippen LogP contribution in [0, 0.1) is 11.8 Å². The average Bonchev–Trinajstić information content (AvgIpc) is 2.34. The van der Waals surface area contributed by atoms with Crippen molar-refractivity contribution < 1.29 is 9.53 Å². The Morgan fingerprint density at radius 3 is 2.90 bits per heavy atom. The van der Waals surface area contributed by atoms with Gasteiger partial charge in [-0.1, -0.05) is 12.8 Å². The fraction of sp³-hybridized carbons (Fsp3) is 0.875. The van der Waals surface area contributed by atoms with Gasteiger partial charge in [-0.3, -0.25) is 4.79 Å². The summed E-state index contributed by atoms with van der Waals surface area (Å²) in [6.45, 7) is 0.698. The first-order chi connectivity index (χ1) is 4.88. The van der Waals surface area contributed by atoms with Crippen molar-refractivity contribution in [1.29, 1.82) is 0 Å². The second kappa shape index (κ2) is 2.26. The predicted molar refractivity (Wildman–Crippen MR) is 36.4 cm³/mol. The lowest BCUT2D eigenvalue weighted by atomic mass is 9.81. The van der Waals surface area contributed by atoms with Crippen LogP contribution in [0.5, 0.6) is 0 Å². The van der Waals surface area contributed by atoms with E-state index in [9.17, 15) is 4.79 Å². The van der Waals surface area contributed by atoms with Crippen molar-refractivity contribution in [2.45, 2.75) is 25.7 Å². The van der Waals surface area contributed by atoms with E-state index in [1.807, 2.05) is 0 Å². The molecule has 1 unspecified atom stereocenters. The van der Waals surface area contributed by atoms with Crippen LogP contribution in [-0.4, -0.2) is 12.6 Å². The van der Waals surface area contributed by atoms with Crippen molar-refractivity contribution in [1.82, 2.24) is 0 Å². The molecule has 0 spiro atoms. The van der Waals surface area contributed by atoms with E-state index in [0.717, 1.165) is 6.42 Å². The van der Waals surface area contributed by atoms with E-state index >= 15 is 0 Å². The highest BCUT2D eigenvalue weighted by molar-refractivity contribution is 5.74. The van der Waals surface area contributed by atoms with Gasteiger partial charge in [-0.15, -0.1) is 0 Å². The third-order valence-corrected chi connectivity index (χ3v) is 2.65. The van der Waals surface area contributed by atoms with E-state index in [0.29, 0.717) is 12.5 Å². The minimum absolute atomic E-state index is 0.0599. The zero-order valence-electron chi connectivity index (χ0n) is 6.01. The molecule has 2 atom stereocenters. The minimum Gasteiger partial charge on any atom is -0.465 e. The summed E-state index contributed by atoms with van der Waals surface area (Å²) in [4.78, 5) is 11.0. The minimum atomic E-state index is 0.0599. The summed E-state index contributed by atoms with van der Waals surface area (Å²) in [6.07, 6.45) is 4.79. The van der Waals surface area contributed by atoms with Gasteiger partial charge in [0, 0.05) is 5.92 Å². The van der Waals surface area contributed by atoms with Gasteiger partial charge in [-0.05, 0) is 12.8 Å². The summed E-state index contributed by atoms with van der Waals surface area (Å²) >= 11 is 0. The molecule has 0 radical (unpaired) electrons. The number of carbonyl (C=O) groups is 1. The van der Waals surface area contributed by atoms with Crippen molar-refractivity contribution in [2.24, 2.45) is 11.8 Å². The van der Waals surface area contributed by atoms with Crippen molar-refractivity contribution in [3.8, 4) is 0 Å². The highest BCUT2D eigenvalue weighted by Gasteiger charge is 2.37. The quantitative estimate of drug-likeness (QED) is 0.475. The van der Waals surface area contributed by atoms with Crippen LogP contribution < -0.4 is 0 Å². The Kier molecular flexibility index (Phi) is 1.40. The summed E-state index contributed by atoms with van der Waals surface area (Å²) in [5.74, 6) is 0.903. The van der Waals surface area contributed by atoms with Crippen molar-refractivity contribution in [3.05, 3.63) is 0 Å². The zero-order chi connectivity index (χ0) is 6.97. The van der Waals surface area contributed by atoms with Gasteiger partial charge < -0.3 is 4.74 Å². The Morgan fingerprint density at radius 2 is 2.10 bits per heavy atom. The van der Waals surface area contributed by atoms with Gasteiger partial charge in [0.2, 0.25) is 0 Å². The number of fused-ring (bicyclic) bond motifs is 1. The molecule has 0 aromatic heterocycles. The van der Waals surface area contributed by atoms with Gasteiger partial charge in [-0.25, -0.2) is 0 Å². The number of carbonyl (C=O) groups excluding carboxylic acids is 1. The second-order valence-electron chi connectivity index (χ2n) is 3.28. The van der Waals surface area contributed by atoms with Crippen LogP contribution >= 0.6 is 0 Å². The highest BCUT2D eigenvalue weighted by atomic mass is 16.5. The topological polar surface area (TPSA) is 26.3 Å². The molecule has 2 heteroatoms. The van der Waals surface area contributed by atoms with E-state index in [1.54, 1.807) is 0 Å². The number of ether oxygens (including phenoxy) is 1. The maximum atomic E-state index is 11.0. The molecule has 1 aliphatic carbocycles. The van der Waals surface area contributed by atoms with Gasteiger partial charge in [0.15, 0.2) is 0 Å². The molecule has 0 bridgehead atoms. The molecule has 2 aliphatic rings. The molecule has 2 nitrogen and oxygen atoms in total. The van der Waals surface area contributed by atoms with E-state index in [-0.39, 0.29) is 11.9 Å². The van der Waals surface area contributed by atoms with Crippen LogP contribution in [0.25, 0.3) is 0 Å². The first-order valence-electron chi connectivity index (χ1n) is 4.04. The number of cyclic esters (lactones) is 1. The van der Waals surface area contributed by atoms with E-state index < -0.39 is 0 Å². The highest BCUT2D eigenvalue weighted by Crippen LogP contribution is 2.35. The lowest BCUT2D eigenvalue weighted by molar-refractivity contribution is -0.141. The summed E-state index contributed by atoms with van der Waals surface area (Å²) < 4.78 is 4.96. The number of hydrogen-bond donors (Lipinski definition) is 0. The third-order valence-electron chi connectivity index (χ3n) is 2.65. The molecule has 2 fully saturated rings. The first kappa shape index (κ1) is 6.20. The molecule has 0 N–H and O–H groups in total. The molecule has 1 saturated carbocycles. The van der Waals surface area contributed by atoms with Crippen LogP contribution in [0.4, 0.5) is 0 Å². The van der Waals surface area contributed by atoms with Crippen molar-refractivity contribution >= 4 is 5.97 Å². The van der Waals surface area contributed by atoms with Crippen molar-refractivity contribution in [3.63, 3.8) is 0 Å². The normalized spacial score (nSPS) is 39.0. The summed E-state index contributed by atoms with van der Waals surface area (Å²) in [7, 11) is 0. The van der Waals surface area contributed by atoms with Crippen molar-refractivity contribution in [2.75, 3.05) is 6.61 Å². The lowest BCUT2D eigenvalue weighted by Crippen LogP contribution is -2.19. The first-order valence-corrected chi connectivity index (χ1v) is 4.04.